The molecule has 0 amide bonds. The fourth-order valence-electron chi connectivity index (χ4n) is 1.89. The first-order valence-corrected chi connectivity index (χ1v) is 4.13. The summed E-state index contributed by atoms with van der Waals surface area (Å²) in [6.45, 7) is 2.58. The maximum absolute atomic E-state index is 11.1. The minimum absolute atomic E-state index is 0.00579. The van der Waals surface area contributed by atoms with Crippen LogP contribution in [0.15, 0.2) is 0 Å². The highest BCUT2D eigenvalue weighted by Gasteiger charge is 2.37. The third kappa shape index (κ3) is 1.19. The van der Waals surface area contributed by atoms with Gasteiger partial charge in [0.25, 0.3) is 0 Å². The van der Waals surface area contributed by atoms with E-state index < -0.39 is 0 Å². The maximum atomic E-state index is 11.1. The van der Waals surface area contributed by atoms with Gasteiger partial charge in [-0.1, -0.05) is 0 Å². The van der Waals surface area contributed by atoms with E-state index in [2.05, 4.69) is 10.6 Å². The van der Waals surface area contributed by atoms with Crippen LogP contribution >= 0.6 is 0 Å². The number of hydrogen-bond acceptors (Lipinski definition) is 3. The summed E-state index contributed by atoms with van der Waals surface area (Å²) in [5.74, 6) is 0.229. The molecule has 61 valence electrons. The first-order chi connectivity index (χ1) is 5.27. The first kappa shape index (κ1) is 7.25. The Balaban J connectivity index is 2.07. The third-order valence-electron chi connectivity index (χ3n) is 2.48. The molecule has 2 saturated heterocycles. The average molecular weight is 153 g/mol. The molecule has 2 unspecified atom stereocenters. The van der Waals surface area contributed by atoms with Gasteiger partial charge in [-0.15, -0.1) is 0 Å². The minimum Gasteiger partial charge on any atom is -0.304 e. The molecule has 0 aromatic heterocycles. The van der Waals surface area contributed by atoms with Gasteiger partial charge in [-0.2, -0.15) is 0 Å². The number of hydrogen-bond donors (Lipinski definition) is 2. The van der Waals surface area contributed by atoms with E-state index in [0.717, 1.165) is 13.0 Å². The Morgan fingerprint density at radius 3 is 3.18 bits per heavy atom. The lowest BCUT2D eigenvalue weighted by atomic mass is 10.0. The molecule has 0 spiro atoms. The number of piperazine rings is 1. The summed E-state index contributed by atoms with van der Waals surface area (Å²) in [5.41, 5.74) is 0. The van der Waals surface area contributed by atoms with Crippen LogP contribution < -0.4 is 10.6 Å². The zero-order valence-corrected chi connectivity index (χ0v) is 6.68. The van der Waals surface area contributed by atoms with Gasteiger partial charge in [0.1, 0.15) is 5.78 Å². The molecule has 1 radical (unpaired) electrons. The second-order valence-electron chi connectivity index (χ2n) is 3.36. The Hall–Kier alpha value is -0.410. The number of carbonyl (C=O) groups excluding carboxylic acids is 1. The summed E-state index contributed by atoms with van der Waals surface area (Å²) < 4.78 is 0. The fourth-order valence-corrected chi connectivity index (χ4v) is 1.89. The van der Waals surface area contributed by atoms with Crippen LogP contribution in [0.2, 0.25) is 0 Å². The Morgan fingerprint density at radius 2 is 2.45 bits per heavy atom. The van der Waals surface area contributed by atoms with Crippen molar-refractivity contribution in [1.82, 2.24) is 10.6 Å². The number of nitrogens with one attached hydrogen (secondary N) is 2. The molecule has 2 aliphatic heterocycles. The largest absolute Gasteiger partial charge is 0.304 e. The van der Waals surface area contributed by atoms with E-state index >= 15 is 0 Å². The predicted molar refractivity (Wildman–Crippen MR) is 41.9 cm³/mol. The Bertz CT molecular complexity index is 181. The topological polar surface area (TPSA) is 41.1 Å². The van der Waals surface area contributed by atoms with Crippen LogP contribution in [0.1, 0.15) is 19.8 Å². The molecule has 0 aliphatic carbocycles. The van der Waals surface area contributed by atoms with E-state index in [1.165, 1.54) is 12.5 Å². The first-order valence-electron chi connectivity index (χ1n) is 4.13. The molecule has 3 heteroatoms. The SMILES string of the molecule is CC(=O)C1NCC2CC[C]1N2. The van der Waals surface area contributed by atoms with Gasteiger partial charge in [-0.05, 0) is 19.8 Å². The summed E-state index contributed by atoms with van der Waals surface area (Å²) >= 11 is 0. The van der Waals surface area contributed by atoms with Gasteiger partial charge in [0, 0.05) is 12.6 Å². The summed E-state index contributed by atoms with van der Waals surface area (Å²) in [7, 11) is 0. The number of carbonyl (C=O) groups is 1. The van der Waals surface area contributed by atoms with E-state index in [4.69, 9.17) is 0 Å². The second kappa shape index (κ2) is 2.57. The molecule has 2 bridgehead atoms. The Labute approximate surface area is 66.5 Å². The second-order valence-corrected chi connectivity index (χ2v) is 3.36. The van der Waals surface area contributed by atoms with Crippen molar-refractivity contribution in [3.63, 3.8) is 0 Å². The molecule has 2 N–H and O–H groups in total. The smallest absolute Gasteiger partial charge is 0.148 e. The zero-order chi connectivity index (χ0) is 7.84. The Morgan fingerprint density at radius 1 is 1.64 bits per heavy atom. The molecule has 2 fully saturated rings. The molecule has 3 nitrogen and oxygen atoms in total. The van der Waals surface area contributed by atoms with Crippen molar-refractivity contribution in [2.75, 3.05) is 6.54 Å². The van der Waals surface area contributed by atoms with Crippen molar-refractivity contribution in [1.29, 1.82) is 0 Å². The molecule has 11 heavy (non-hydrogen) atoms. The summed E-state index contributed by atoms with van der Waals surface area (Å²) in [6, 6.07) is 1.78. The van der Waals surface area contributed by atoms with Crippen LogP contribution in [0.4, 0.5) is 0 Å². The average Bonchev–Trinajstić information content (AvgIpc) is 2.32. The minimum atomic E-state index is -0.00579. The fraction of sp³-hybridized carbons (Fsp3) is 0.750. The Kier molecular flexibility index (Phi) is 1.69. The van der Waals surface area contributed by atoms with Crippen molar-refractivity contribution in [3.8, 4) is 0 Å². The van der Waals surface area contributed by atoms with E-state index in [1.54, 1.807) is 6.92 Å². The zero-order valence-electron chi connectivity index (χ0n) is 6.68. The highest BCUT2D eigenvalue weighted by atomic mass is 16.1. The number of rotatable bonds is 1. The van der Waals surface area contributed by atoms with Crippen molar-refractivity contribution in [3.05, 3.63) is 6.04 Å². The van der Waals surface area contributed by atoms with Gasteiger partial charge in [0.2, 0.25) is 0 Å². The van der Waals surface area contributed by atoms with Gasteiger partial charge in [-0.3, -0.25) is 4.79 Å². The molecule has 0 saturated carbocycles. The van der Waals surface area contributed by atoms with Crippen LogP contribution in [0.25, 0.3) is 0 Å². The standard InChI is InChI=1S/C8H13N2O/c1-5(11)8-7-3-2-6(10-7)4-9-8/h6,8-10H,2-4H2,1H3. The summed E-state index contributed by atoms with van der Waals surface area (Å²) in [5, 5.41) is 6.59. The van der Waals surface area contributed by atoms with Crippen LogP contribution in [0.5, 0.6) is 0 Å². The predicted octanol–water partition coefficient (Wildman–Crippen LogP) is -0.169. The van der Waals surface area contributed by atoms with E-state index in [0.29, 0.717) is 6.04 Å². The molecule has 0 aromatic carbocycles. The quantitative estimate of drug-likeness (QED) is 0.549. The molecule has 2 rings (SSSR count). The lowest BCUT2D eigenvalue weighted by Crippen LogP contribution is -2.54. The summed E-state index contributed by atoms with van der Waals surface area (Å²) in [6.07, 6.45) is 2.26. The van der Waals surface area contributed by atoms with Crippen LogP contribution in [0, 0.1) is 6.04 Å². The van der Waals surface area contributed by atoms with Crippen molar-refractivity contribution in [2.45, 2.75) is 31.8 Å². The van der Waals surface area contributed by atoms with Crippen molar-refractivity contribution < 1.29 is 4.79 Å². The van der Waals surface area contributed by atoms with Gasteiger partial charge in [-0.25, -0.2) is 0 Å². The number of ketones is 1. The lowest BCUT2D eigenvalue weighted by Gasteiger charge is -2.28. The molecule has 2 atom stereocenters. The maximum Gasteiger partial charge on any atom is 0.148 e. The molecular formula is C8H13N2O. The van der Waals surface area contributed by atoms with Crippen LogP contribution in [-0.4, -0.2) is 24.4 Å². The molecular weight excluding hydrogens is 140 g/mol. The monoisotopic (exact) mass is 153 g/mol. The lowest BCUT2D eigenvalue weighted by molar-refractivity contribution is -0.118. The van der Waals surface area contributed by atoms with Crippen molar-refractivity contribution >= 4 is 5.78 Å². The highest BCUT2D eigenvalue weighted by molar-refractivity contribution is 5.84. The van der Waals surface area contributed by atoms with Crippen molar-refractivity contribution in [2.24, 2.45) is 0 Å². The number of Topliss-reactive ketones (excluding diaryl/α,β-unsaturated/α-hetero) is 1. The normalized spacial score (nSPS) is 37.5. The van der Waals surface area contributed by atoms with Gasteiger partial charge < -0.3 is 10.6 Å². The van der Waals surface area contributed by atoms with Gasteiger partial charge >= 0.3 is 0 Å². The van der Waals surface area contributed by atoms with E-state index in [-0.39, 0.29) is 11.8 Å². The van der Waals surface area contributed by atoms with Gasteiger partial charge in [0.15, 0.2) is 0 Å². The third-order valence-corrected chi connectivity index (χ3v) is 2.48. The van der Waals surface area contributed by atoms with Crippen LogP contribution in [-0.2, 0) is 4.79 Å². The van der Waals surface area contributed by atoms with E-state index in [1.807, 2.05) is 0 Å². The number of fused-ring (bicyclic) bond motifs is 2. The summed E-state index contributed by atoms with van der Waals surface area (Å²) in [4.78, 5) is 11.1. The van der Waals surface area contributed by atoms with Crippen LogP contribution in [0.3, 0.4) is 0 Å². The molecule has 2 aliphatic rings. The highest BCUT2D eigenvalue weighted by Crippen LogP contribution is 2.25. The van der Waals surface area contributed by atoms with Gasteiger partial charge in [0.05, 0.1) is 12.1 Å². The van der Waals surface area contributed by atoms with E-state index in [9.17, 15) is 4.79 Å². The molecule has 2 heterocycles. The molecule has 0 aromatic rings.